The van der Waals surface area contributed by atoms with Gasteiger partial charge in [0, 0.05) is 12.6 Å². The van der Waals surface area contributed by atoms with E-state index in [2.05, 4.69) is 15.0 Å². The van der Waals surface area contributed by atoms with Gasteiger partial charge >= 0.3 is 5.69 Å². The third kappa shape index (κ3) is 1.87. The molecule has 0 atom stereocenters. The van der Waals surface area contributed by atoms with Crippen molar-refractivity contribution in [2.24, 2.45) is 7.05 Å². The monoisotopic (exact) mass is 256 g/mol. The number of rotatable bonds is 2. The number of benzene rings is 1. The van der Waals surface area contributed by atoms with Gasteiger partial charge in [-0.1, -0.05) is 12.1 Å². The maximum Gasteiger partial charge on any atom is 0.327 e. The summed E-state index contributed by atoms with van der Waals surface area (Å²) < 4.78 is 6.63. The van der Waals surface area contributed by atoms with Gasteiger partial charge in [0.15, 0.2) is 11.5 Å². The Morgan fingerprint density at radius 2 is 2.21 bits per heavy atom. The van der Waals surface area contributed by atoms with Crippen LogP contribution in [0.4, 0.5) is 0 Å². The third-order valence-electron chi connectivity index (χ3n) is 2.96. The molecule has 6 heteroatoms. The number of methoxy groups -OCH3 is 1. The minimum Gasteiger partial charge on any atom is -0.497 e. The van der Waals surface area contributed by atoms with Crippen LogP contribution in [0.1, 0.15) is 0 Å². The summed E-state index contributed by atoms with van der Waals surface area (Å²) in [4.78, 5) is 22.9. The van der Waals surface area contributed by atoms with Crippen LogP contribution < -0.4 is 10.4 Å². The Hall–Kier alpha value is -2.63. The minimum absolute atomic E-state index is 0.202. The van der Waals surface area contributed by atoms with E-state index in [4.69, 9.17) is 4.74 Å². The predicted molar refractivity (Wildman–Crippen MR) is 71.1 cm³/mol. The topological polar surface area (TPSA) is 72.8 Å². The molecule has 19 heavy (non-hydrogen) atoms. The van der Waals surface area contributed by atoms with Crippen LogP contribution in [-0.2, 0) is 7.05 Å². The largest absolute Gasteiger partial charge is 0.497 e. The lowest BCUT2D eigenvalue weighted by atomic mass is 10.2. The second-order valence-corrected chi connectivity index (χ2v) is 4.15. The molecule has 0 aliphatic heterocycles. The number of nitrogens with one attached hydrogen (secondary N) is 1. The van der Waals surface area contributed by atoms with Gasteiger partial charge in [-0.2, -0.15) is 0 Å². The van der Waals surface area contributed by atoms with Gasteiger partial charge in [0.25, 0.3) is 0 Å². The predicted octanol–water partition coefficient (Wildman–Crippen LogP) is 1.33. The third-order valence-corrected chi connectivity index (χ3v) is 2.96. The van der Waals surface area contributed by atoms with Crippen molar-refractivity contribution in [3.8, 4) is 17.1 Å². The molecule has 0 fully saturated rings. The highest BCUT2D eigenvalue weighted by Crippen LogP contribution is 2.21. The van der Waals surface area contributed by atoms with Crippen molar-refractivity contribution in [1.29, 1.82) is 0 Å². The van der Waals surface area contributed by atoms with Crippen LogP contribution in [0, 0.1) is 0 Å². The molecule has 0 spiro atoms. The molecule has 0 amide bonds. The van der Waals surface area contributed by atoms with E-state index in [1.807, 2.05) is 24.3 Å². The molecule has 96 valence electrons. The van der Waals surface area contributed by atoms with Gasteiger partial charge in [-0.05, 0) is 12.1 Å². The van der Waals surface area contributed by atoms with Crippen molar-refractivity contribution in [3.05, 3.63) is 40.9 Å². The molecule has 2 heterocycles. The van der Waals surface area contributed by atoms with Gasteiger partial charge in [0.1, 0.15) is 11.3 Å². The van der Waals surface area contributed by atoms with Crippen LogP contribution in [0.2, 0.25) is 0 Å². The molecule has 0 bridgehead atoms. The molecular formula is C13H12N4O2. The number of hydrogen-bond donors (Lipinski definition) is 1. The van der Waals surface area contributed by atoms with Gasteiger partial charge < -0.3 is 9.72 Å². The number of aromatic amines is 1. The standard InChI is InChI=1S/C13H12N4O2/c1-17-12-10(15-13(17)18)7-14-11(16-12)8-4-3-5-9(6-8)19-2/h3-7H,1-2H3,(H,15,18). The van der Waals surface area contributed by atoms with Crippen molar-refractivity contribution in [2.45, 2.75) is 0 Å². The summed E-state index contributed by atoms with van der Waals surface area (Å²) in [5.74, 6) is 1.30. The highest BCUT2D eigenvalue weighted by Gasteiger charge is 2.08. The van der Waals surface area contributed by atoms with E-state index in [1.54, 1.807) is 20.4 Å². The molecule has 1 aromatic carbocycles. The number of H-pyrrole nitrogens is 1. The molecule has 3 rings (SSSR count). The normalized spacial score (nSPS) is 10.8. The van der Waals surface area contributed by atoms with E-state index in [9.17, 15) is 4.79 Å². The smallest absolute Gasteiger partial charge is 0.327 e. The Kier molecular flexibility index (Phi) is 2.56. The van der Waals surface area contributed by atoms with Crippen LogP contribution in [0.5, 0.6) is 5.75 Å². The van der Waals surface area contributed by atoms with E-state index in [1.165, 1.54) is 4.57 Å². The van der Waals surface area contributed by atoms with Crippen molar-refractivity contribution in [3.63, 3.8) is 0 Å². The average molecular weight is 256 g/mol. The van der Waals surface area contributed by atoms with Crippen LogP contribution >= 0.6 is 0 Å². The summed E-state index contributed by atoms with van der Waals surface area (Å²) >= 11 is 0. The molecule has 1 N–H and O–H groups in total. The summed E-state index contributed by atoms with van der Waals surface area (Å²) in [6.07, 6.45) is 1.61. The van der Waals surface area contributed by atoms with Crippen LogP contribution in [0.25, 0.3) is 22.6 Å². The molecule has 2 aromatic heterocycles. The van der Waals surface area contributed by atoms with E-state index >= 15 is 0 Å². The number of aromatic nitrogens is 4. The SMILES string of the molecule is COc1cccc(-c2ncc3[nH]c(=O)n(C)c3n2)c1. The summed E-state index contributed by atoms with van der Waals surface area (Å²) in [6, 6.07) is 7.48. The Morgan fingerprint density at radius 3 is 3.00 bits per heavy atom. The number of hydrogen-bond acceptors (Lipinski definition) is 4. The average Bonchev–Trinajstić information content (AvgIpc) is 2.74. The Bertz CT molecular complexity index is 804. The lowest BCUT2D eigenvalue weighted by molar-refractivity contribution is 0.415. The first kappa shape index (κ1) is 11.5. The summed E-state index contributed by atoms with van der Waals surface area (Å²) in [7, 11) is 3.28. The zero-order chi connectivity index (χ0) is 13.4. The Labute approximate surface area is 108 Å². The molecule has 3 aromatic rings. The molecule has 0 radical (unpaired) electrons. The first-order valence-electron chi connectivity index (χ1n) is 5.75. The fourth-order valence-corrected chi connectivity index (χ4v) is 1.91. The van der Waals surface area contributed by atoms with Crippen molar-refractivity contribution < 1.29 is 4.74 Å². The van der Waals surface area contributed by atoms with Gasteiger partial charge in [-0.25, -0.2) is 14.8 Å². The fraction of sp³-hybridized carbons (Fsp3) is 0.154. The Balaban J connectivity index is 2.19. The summed E-state index contributed by atoms with van der Waals surface area (Å²) in [5, 5.41) is 0. The van der Waals surface area contributed by atoms with Crippen molar-refractivity contribution >= 4 is 11.2 Å². The van der Waals surface area contributed by atoms with Crippen molar-refractivity contribution in [1.82, 2.24) is 19.5 Å². The number of nitrogens with zero attached hydrogens (tertiary/aromatic N) is 3. The summed E-state index contributed by atoms with van der Waals surface area (Å²) in [6.45, 7) is 0. The first-order valence-corrected chi connectivity index (χ1v) is 5.75. The molecule has 0 unspecified atom stereocenters. The summed E-state index contributed by atoms with van der Waals surface area (Å²) in [5.41, 5.74) is 1.85. The van der Waals surface area contributed by atoms with Gasteiger partial charge in [-0.3, -0.25) is 4.57 Å². The number of aryl methyl sites for hydroxylation is 1. The lowest BCUT2D eigenvalue weighted by Gasteiger charge is -2.03. The highest BCUT2D eigenvalue weighted by molar-refractivity contribution is 5.72. The van der Waals surface area contributed by atoms with Crippen LogP contribution in [-0.4, -0.2) is 26.6 Å². The zero-order valence-corrected chi connectivity index (χ0v) is 10.5. The number of imidazole rings is 1. The maximum atomic E-state index is 11.5. The fourth-order valence-electron chi connectivity index (χ4n) is 1.91. The van der Waals surface area contributed by atoms with Crippen molar-refractivity contribution in [2.75, 3.05) is 7.11 Å². The van der Waals surface area contributed by atoms with E-state index < -0.39 is 0 Å². The molecule has 0 aliphatic carbocycles. The first-order chi connectivity index (χ1) is 9.19. The second-order valence-electron chi connectivity index (χ2n) is 4.15. The molecular weight excluding hydrogens is 244 g/mol. The second kappa shape index (κ2) is 4.24. The molecule has 0 aliphatic rings. The number of ether oxygens (including phenoxy) is 1. The van der Waals surface area contributed by atoms with Crippen LogP contribution in [0.3, 0.4) is 0 Å². The Morgan fingerprint density at radius 1 is 1.37 bits per heavy atom. The van der Waals surface area contributed by atoms with Gasteiger partial charge in [0.2, 0.25) is 0 Å². The quantitative estimate of drug-likeness (QED) is 0.750. The maximum absolute atomic E-state index is 11.5. The lowest BCUT2D eigenvalue weighted by Crippen LogP contribution is -2.12. The molecule has 0 saturated heterocycles. The van der Waals surface area contributed by atoms with Crippen LogP contribution in [0.15, 0.2) is 35.3 Å². The van der Waals surface area contributed by atoms with E-state index in [0.717, 1.165) is 11.3 Å². The molecule has 0 saturated carbocycles. The van der Waals surface area contributed by atoms with E-state index in [-0.39, 0.29) is 5.69 Å². The van der Waals surface area contributed by atoms with Gasteiger partial charge in [0.05, 0.1) is 13.3 Å². The zero-order valence-electron chi connectivity index (χ0n) is 10.5. The van der Waals surface area contributed by atoms with Gasteiger partial charge in [-0.15, -0.1) is 0 Å². The number of fused-ring (bicyclic) bond motifs is 1. The molecule has 6 nitrogen and oxygen atoms in total. The highest BCUT2D eigenvalue weighted by atomic mass is 16.5. The minimum atomic E-state index is -0.202. The van der Waals surface area contributed by atoms with E-state index in [0.29, 0.717) is 17.0 Å².